The lowest BCUT2D eigenvalue weighted by atomic mass is 10.2. The first-order chi connectivity index (χ1) is 10.1. The highest BCUT2D eigenvalue weighted by molar-refractivity contribution is 5.29. The standard InChI is InChI=1S/C16H26FNO3/c1-13(2)11-18-12-14-8-15(17)10-16(9-14)21-7-6-20-5-4-19-3/h8-10,13,18H,4-7,11-12H2,1-3H3. The SMILES string of the molecule is COCCOCCOc1cc(F)cc(CNCC(C)C)c1. The van der Waals surface area contributed by atoms with Crippen LogP contribution in [-0.4, -0.2) is 40.1 Å². The van der Waals surface area contributed by atoms with Crippen LogP contribution in [0, 0.1) is 11.7 Å². The molecule has 1 rings (SSSR count). The maximum atomic E-state index is 13.5. The van der Waals surface area contributed by atoms with Gasteiger partial charge >= 0.3 is 0 Å². The zero-order chi connectivity index (χ0) is 15.5. The van der Waals surface area contributed by atoms with Gasteiger partial charge in [-0.25, -0.2) is 4.39 Å². The van der Waals surface area contributed by atoms with Crippen LogP contribution in [0.25, 0.3) is 0 Å². The van der Waals surface area contributed by atoms with Crippen molar-refractivity contribution in [3.05, 3.63) is 29.6 Å². The van der Waals surface area contributed by atoms with Gasteiger partial charge in [0.1, 0.15) is 18.2 Å². The van der Waals surface area contributed by atoms with Crippen LogP contribution in [0.5, 0.6) is 5.75 Å². The Bertz CT molecular complexity index is 399. The fourth-order valence-electron chi connectivity index (χ4n) is 1.77. The Balaban J connectivity index is 2.34. The topological polar surface area (TPSA) is 39.7 Å². The van der Waals surface area contributed by atoms with Crippen LogP contribution >= 0.6 is 0 Å². The third kappa shape index (κ3) is 8.65. The lowest BCUT2D eigenvalue weighted by Crippen LogP contribution is -2.19. The Labute approximate surface area is 126 Å². The molecule has 0 fully saturated rings. The summed E-state index contributed by atoms with van der Waals surface area (Å²) in [5.41, 5.74) is 0.881. The first kappa shape index (κ1) is 17.9. The number of rotatable bonds is 11. The Hall–Kier alpha value is -1.17. The van der Waals surface area contributed by atoms with Crippen LogP contribution in [0.2, 0.25) is 0 Å². The van der Waals surface area contributed by atoms with Crippen molar-refractivity contribution in [2.75, 3.05) is 40.1 Å². The van der Waals surface area contributed by atoms with Crippen LogP contribution in [0.3, 0.4) is 0 Å². The van der Waals surface area contributed by atoms with E-state index in [1.54, 1.807) is 7.11 Å². The molecule has 0 aliphatic carbocycles. The lowest BCUT2D eigenvalue weighted by Gasteiger charge is -2.11. The minimum atomic E-state index is -0.283. The van der Waals surface area contributed by atoms with Crippen LogP contribution < -0.4 is 10.1 Å². The molecule has 21 heavy (non-hydrogen) atoms. The largest absolute Gasteiger partial charge is 0.491 e. The van der Waals surface area contributed by atoms with Crippen molar-refractivity contribution >= 4 is 0 Å². The molecule has 0 aliphatic rings. The molecule has 0 amide bonds. The highest BCUT2D eigenvalue weighted by atomic mass is 19.1. The predicted octanol–water partition coefficient (Wildman–Crippen LogP) is 2.61. The Morgan fingerprint density at radius 1 is 1.10 bits per heavy atom. The number of ether oxygens (including phenoxy) is 3. The van der Waals surface area contributed by atoms with Crippen molar-refractivity contribution in [1.29, 1.82) is 0 Å². The third-order valence-electron chi connectivity index (χ3n) is 2.74. The van der Waals surface area contributed by atoms with Crippen LogP contribution in [0.15, 0.2) is 18.2 Å². The van der Waals surface area contributed by atoms with Crippen molar-refractivity contribution in [2.45, 2.75) is 20.4 Å². The Morgan fingerprint density at radius 2 is 1.86 bits per heavy atom. The van der Waals surface area contributed by atoms with Crippen LogP contribution in [-0.2, 0) is 16.0 Å². The minimum absolute atomic E-state index is 0.283. The summed E-state index contributed by atoms with van der Waals surface area (Å²) in [5.74, 6) is 0.819. The minimum Gasteiger partial charge on any atom is -0.491 e. The van der Waals surface area contributed by atoms with Gasteiger partial charge in [-0.15, -0.1) is 0 Å². The van der Waals surface area contributed by atoms with Gasteiger partial charge in [0.25, 0.3) is 0 Å². The maximum absolute atomic E-state index is 13.5. The first-order valence-electron chi connectivity index (χ1n) is 7.31. The first-order valence-corrected chi connectivity index (χ1v) is 7.31. The maximum Gasteiger partial charge on any atom is 0.127 e. The van der Waals surface area contributed by atoms with Gasteiger partial charge in [-0.3, -0.25) is 0 Å². The van der Waals surface area contributed by atoms with Gasteiger partial charge in [0.15, 0.2) is 0 Å². The van der Waals surface area contributed by atoms with Crippen molar-refractivity contribution < 1.29 is 18.6 Å². The zero-order valence-corrected chi connectivity index (χ0v) is 13.2. The second-order valence-electron chi connectivity index (χ2n) is 5.27. The number of methoxy groups -OCH3 is 1. The smallest absolute Gasteiger partial charge is 0.127 e. The van der Waals surface area contributed by atoms with E-state index >= 15 is 0 Å². The summed E-state index contributed by atoms with van der Waals surface area (Å²) in [6.45, 7) is 7.76. The predicted molar refractivity (Wildman–Crippen MR) is 81.1 cm³/mol. The molecule has 0 bridgehead atoms. The molecule has 1 aromatic rings. The quantitative estimate of drug-likeness (QED) is 0.638. The van der Waals surface area contributed by atoms with Crippen molar-refractivity contribution in [2.24, 2.45) is 5.92 Å². The van der Waals surface area contributed by atoms with Gasteiger partial charge in [0.2, 0.25) is 0 Å². The molecular formula is C16H26FNO3. The van der Waals surface area contributed by atoms with E-state index in [1.807, 2.05) is 6.07 Å². The molecule has 120 valence electrons. The zero-order valence-electron chi connectivity index (χ0n) is 13.2. The molecule has 0 unspecified atom stereocenters. The van der Waals surface area contributed by atoms with E-state index in [0.717, 1.165) is 12.1 Å². The Morgan fingerprint density at radius 3 is 2.57 bits per heavy atom. The fourth-order valence-corrected chi connectivity index (χ4v) is 1.77. The van der Waals surface area contributed by atoms with Gasteiger partial charge in [0, 0.05) is 19.7 Å². The molecule has 0 radical (unpaired) electrons. The van der Waals surface area contributed by atoms with E-state index in [9.17, 15) is 4.39 Å². The molecule has 0 saturated heterocycles. The summed E-state index contributed by atoms with van der Waals surface area (Å²) in [4.78, 5) is 0. The molecule has 0 spiro atoms. The summed E-state index contributed by atoms with van der Waals surface area (Å²) in [7, 11) is 1.63. The molecule has 0 atom stereocenters. The molecular weight excluding hydrogens is 273 g/mol. The van der Waals surface area contributed by atoms with Gasteiger partial charge in [-0.05, 0) is 30.2 Å². The Kier molecular flexibility index (Phi) is 8.98. The molecule has 4 nitrogen and oxygen atoms in total. The molecule has 5 heteroatoms. The van der Waals surface area contributed by atoms with E-state index in [2.05, 4.69) is 19.2 Å². The van der Waals surface area contributed by atoms with E-state index in [1.165, 1.54) is 12.1 Å². The number of hydrogen-bond acceptors (Lipinski definition) is 4. The fraction of sp³-hybridized carbons (Fsp3) is 0.625. The van der Waals surface area contributed by atoms with E-state index in [-0.39, 0.29) is 5.82 Å². The van der Waals surface area contributed by atoms with Gasteiger partial charge in [-0.2, -0.15) is 0 Å². The summed E-state index contributed by atoms with van der Waals surface area (Å²) in [6.07, 6.45) is 0. The van der Waals surface area contributed by atoms with Gasteiger partial charge < -0.3 is 19.5 Å². The molecule has 1 N–H and O–H groups in total. The molecule has 0 aliphatic heterocycles. The second kappa shape index (κ2) is 10.5. The van der Waals surface area contributed by atoms with Crippen LogP contribution in [0.4, 0.5) is 4.39 Å². The average molecular weight is 299 g/mol. The summed E-state index contributed by atoms with van der Waals surface area (Å²) >= 11 is 0. The summed E-state index contributed by atoms with van der Waals surface area (Å²) in [6, 6.07) is 4.77. The van der Waals surface area contributed by atoms with E-state index in [0.29, 0.717) is 44.6 Å². The monoisotopic (exact) mass is 299 g/mol. The average Bonchev–Trinajstić information content (AvgIpc) is 2.42. The summed E-state index contributed by atoms with van der Waals surface area (Å²) in [5, 5.41) is 3.29. The molecule has 0 heterocycles. The molecule has 1 aromatic carbocycles. The number of hydrogen-bond donors (Lipinski definition) is 1. The van der Waals surface area contributed by atoms with Crippen molar-refractivity contribution in [3.8, 4) is 5.75 Å². The molecule has 0 aromatic heterocycles. The highest BCUT2D eigenvalue weighted by Gasteiger charge is 2.03. The normalized spacial score (nSPS) is 11.1. The summed E-state index contributed by atoms with van der Waals surface area (Å²) < 4.78 is 29.2. The van der Waals surface area contributed by atoms with E-state index in [4.69, 9.17) is 14.2 Å². The number of benzene rings is 1. The lowest BCUT2D eigenvalue weighted by molar-refractivity contribution is 0.0543. The van der Waals surface area contributed by atoms with Crippen LogP contribution in [0.1, 0.15) is 19.4 Å². The second-order valence-corrected chi connectivity index (χ2v) is 5.27. The van der Waals surface area contributed by atoms with Crippen molar-refractivity contribution in [1.82, 2.24) is 5.32 Å². The number of halogens is 1. The highest BCUT2D eigenvalue weighted by Crippen LogP contribution is 2.16. The van der Waals surface area contributed by atoms with Gasteiger partial charge in [-0.1, -0.05) is 13.8 Å². The van der Waals surface area contributed by atoms with E-state index < -0.39 is 0 Å². The van der Waals surface area contributed by atoms with Gasteiger partial charge in [0.05, 0.1) is 19.8 Å². The van der Waals surface area contributed by atoms with Crippen molar-refractivity contribution in [3.63, 3.8) is 0 Å². The molecule has 0 saturated carbocycles. The third-order valence-corrected chi connectivity index (χ3v) is 2.74. The number of nitrogens with one attached hydrogen (secondary N) is 1.